The first kappa shape index (κ1) is 11.0. The molecule has 2 heteroatoms. The highest BCUT2D eigenvalue weighted by Gasteiger charge is 2.41. The van der Waals surface area contributed by atoms with Gasteiger partial charge in [-0.1, -0.05) is 6.92 Å². The second kappa shape index (κ2) is 4.97. The average molecular weight is 185 g/mol. The van der Waals surface area contributed by atoms with Gasteiger partial charge in [0.2, 0.25) is 0 Å². The van der Waals surface area contributed by atoms with E-state index in [0.717, 1.165) is 19.4 Å². The Labute approximate surface area is 81.7 Å². The van der Waals surface area contributed by atoms with Gasteiger partial charge in [0.05, 0.1) is 0 Å². The van der Waals surface area contributed by atoms with Gasteiger partial charge in [0, 0.05) is 12.6 Å². The van der Waals surface area contributed by atoms with Crippen LogP contribution in [0.1, 0.15) is 46.0 Å². The smallest absolute Gasteiger partial charge is 0.0431 e. The molecule has 0 aromatic rings. The zero-order chi connectivity index (χ0) is 9.73. The van der Waals surface area contributed by atoms with Crippen molar-refractivity contribution in [1.82, 2.24) is 5.32 Å². The Kier molecular flexibility index (Phi) is 4.20. The summed E-state index contributed by atoms with van der Waals surface area (Å²) in [6.45, 7) is 6.10. The summed E-state index contributed by atoms with van der Waals surface area (Å²) in [5.74, 6) is 0. The van der Waals surface area contributed by atoms with Crippen LogP contribution in [-0.2, 0) is 0 Å². The third-order valence-electron chi connectivity index (χ3n) is 3.37. The number of rotatable bonds is 7. The summed E-state index contributed by atoms with van der Waals surface area (Å²) >= 11 is 0. The van der Waals surface area contributed by atoms with Gasteiger partial charge >= 0.3 is 0 Å². The van der Waals surface area contributed by atoms with E-state index in [1.54, 1.807) is 0 Å². The molecule has 1 aliphatic rings. The molecule has 1 saturated carbocycles. The van der Waals surface area contributed by atoms with Crippen LogP contribution in [0, 0.1) is 5.41 Å². The lowest BCUT2D eigenvalue weighted by atomic mass is 10.0. The van der Waals surface area contributed by atoms with Crippen molar-refractivity contribution in [2.24, 2.45) is 5.41 Å². The van der Waals surface area contributed by atoms with Crippen LogP contribution in [0.4, 0.5) is 0 Å². The van der Waals surface area contributed by atoms with Crippen LogP contribution in [0.5, 0.6) is 0 Å². The summed E-state index contributed by atoms with van der Waals surface area (Å²) in [6, 6.07) is 0.668. The van der Waals surface area contributed by atoms with Crippen molar-refractivity contribution in [1.29, 1.82) is 0 Å². The quantitative estimate of drug-likeness (QED) is 0.594. The highest BCUT2D eigenvalue weighted by atomic mass is 16.2. The van der Waals surface area contributed by atoms with Crippen LogP contribution in [-0.4, -0.2) is 24.3 Å². The lowest BCUT2D eigenvalue weighted by molar-refractivity contribution is 0.281. The molecule has 0 aliphatic heterocycles. The van der Waals surface area contributed by atoms with Gasteiger partial charge < -0.3 is 10.4 Å². The Balaban J connectivity index is 1.93. The number of hydrogen-bond acceptors (Lipinski definition) is 2. The van der Waals surface area contributed by atoms with Crippen molar-refractivity contribution in [3.63, 3.8) is 0 Å². The van der Waals surface area contributed by atoms with E-state index in [1.807, 2.05) is 0 Å². The molecule has 1 atom stereocenters. The van der Waals surface area contributed by atoms with Crippen LogP contribution in [0.25, 0.3) is 0 Å². The lowest BCUT2D eigenvalue weighted by Gasteiger charge is -2.20. The van der Waals surface area contributed by atoms with Gasteiger partial charge in [0.25, 0.3) is 0 Å². The first-order chi connectivity index (χ1) is 6.19. The van der Waals surface area contributed by atoms with Gasteiger partial charge in [0.1, 0.15) is 0 Å². The highest BCUT2D eigenvalue weighted by Crippen LogP contribution is 2.47. The fourth-order valence-electron chi connectivity index (χ4n) is 1.61. The maximum Gasteiger partial charge on any atom is 0.0431 e. The second-order valence-electron chi connectivity index (χ2n) is 4.61. The maximum atomic E-state index is 8.59. The Hall–Kier alpha value is -0.0800. The summed E-state index contributed by atoms with van der Waals surface area (Å²) in [5, 5.41) is 12.2. The molecule has 1 fully saturated rings. The standard InChI is InChI=1S/C11H23NO/c1-10(11(2)6-7-11)12-8-4-3-5-9-13/h10,12-13H,3-9H2,1-2H3. The van der Waals surface area contributed by atoms with Gasteiger partial charge in [-0.3, -0.25) is 0 Å². The van der Waals surface area contributed by atoms with Gasteiger partial charge in [-0.25, -0.2) is 0 Å². The molecule has 2 nitrogen and oxygen atoms in total. The molecule has 0 aromatic carbocycles. The molecule has 1 rings (SSSR count). The monoisotopic (exact) mass is 185 g/mol. The van der Waals surface area contributed by atoms with Gasteiger partial charge in [0.15, 0.2) is 0 Å². The Bertz CT molecular complexity index is 143. The summed E-state index contributed by atoms with van der Waals surface area (Å²) in [4.78, 5) is 0. The van der Waals surface area contributed by atoms with Crippen LogP contribution in [0.3, 0.4) is 0 Å². The molecule has 0 saturated heterocycles. The van der Waals surface area contributed by atoms with Crippen molar-refractivity contribution in [3.8, 4) is 0 Å². The summed E-state index contributed by atoms with van der Waals surface area (Å²) in [5.41, 5.74) is 0.594. The van der Waals surface area contributed by atoms with E-state index in [0.29, 0.717) is 18.1 Å². The van der Waals surface area contributed by atoms with E-state index in [4.69, 9.17) is 5.11 Å². The van der Waals surface area contributed by atoms with Gasteiger partial charge in [-0.15, -0.1) is 0 Å². The predicted octanol–water partition coefficient (Wildman–Crippen LogP) is 1.93. The molecule has 0 bridgehead atoms. The number of aliphatic hydroxyl groups excluding tert-OH is 1. The normalized spacial score (nSPS) is 21.5. The fraction of sp³-hybridized carbons (Fsp3) is 1.00. The molecule has 1 aliphatic carbocycles. The van der Waals surface area contributed by atoms with Gasteiger partial charge in [-0.05, 0) is 51.0 Å². The van der Waals surface area contributed by atoms with Crippen LogP contribution in [0.2, 0.25) is 0 Å². The number of aliphatic hydroxyl groups is 1. The second-order valence-corrected chi connectivity index (χ2v) is 4.61. The fourth-order valence-corrected chi connectivity index (χ4v) is 1.61. The molecule has 0 heterocycles. The van der Waals surface area contributed by atoms with E-state index in [2.05, 4.69) is 19.2 Å². The summed E-state index contributed by atoms with van der Waals surface area (Å²) < 4.78 is 0. The highest BCUT2D eigenvalue weighted by molar-refractivity contribution is 4.96. The predicted molar refractivity (Wildman–Crippen MR) is 55.7 cm³/mol. The van der Waals surface area contributed by atoms with Crippen LogP contribution in [0.15, 0.2) is 0 Å². The molecule has 13 heavy (non-hydrogen) atoms. The lowest BCUT2D eigenvalue weighted by Crippen LogP contribution is -2.33. The minimum absolute atomic E-state index is 0.341. The van der Waals surface area contributed by atoms with Crippen LogP contribution >= 0.6 is 0 Å². The van der Waals surface area contributed by atoms with E-state index in [-0.39, 0.29) is 0 Å². The summed E-state index contributed by atoms with van der Waals surface area (Å²) in [6.07, 6.45) is 6.07. The van der Waals surface area contributed by atoms with E-state index in [1.165, 1.54) is 19.3 Å². The minimum Gasteiger partial charge on any atom is -0.396 e. The molecular formula is C11H23NO. The number of hydrogen-bond donors (Lipinski definition) is 2. The summed E-state index contributed by atoms with van der Waals surface area (Å²) in [7, 11) is 0. The molecule has 0 spiro atoms. The maximum absolute atomic E-state index is 8.59. The average Bonchev–Trinajstić information content (AvgIpc) is 2.84. The largest absolute Gasteiger partial charge is 0.396 e. The number of unbranched alkanes of at least 4 members (excludes halogenated alkanes) is 2. The zero-order valence-electron chi connectivity index (χ0n) is 8.97. The molecule has 0 aromatic heterocycles. The van der Waals surface area contributed by atoms with E-state index < -0.39 is 0 Å². The first-order valence-corrected chi connectivity index (χ1v) is 5.53. The van der Waals surface area contributed by atoms with E-state index in [9.17, 15) is 0 Å². The van der Waals surface area contributed by atoms with Crippen LogP contribution < -0.4 is 5.32 Å². The minimum atomic E-state index is 0.341. The SMILES string of the molecule is CC(NCCCCCO)C1(C)CC1. The Morgan fingerprint density at radius 3 is 2.54 bits per heavy atom. The molecule has 1 unspecified atom stereocenters. The molecular weight excluding hydrogens is 162 g/mol. The Morgan fingerprint density at radius 1 is 1.31 bits per heavy atom. The first-order valence-electron chi connectivity index (χ1n) is 5.53. The van der Waals surface area contributed by atoms with E-state index >= 15 is 0 Å². The third-order valence-corrected chi connectivity index (χ3v) is 3.37. The van der Waals surface area contributed by atoms with Crippen molar-refractivity contribution in [2.75, 3.05) is 13.2 Å². The molecule has 2 N–H and O–H groups in total. The van der Waals surface area contributed by atoms with Crippen molar-refractivity contribution >= 4 is 0 Å². The van der Waals surface area contributed by atoms with Gasteiger partial charge in [-0.2, -0.15) is 0 Å². The molecule has 78 valence electrons. The van der Waals surface area contributed by atoms with Crippen molar-refractivity contribution in [3.05, 3.63) is 0 Å². The third kappa shape index (κ3) is 3.65. The van der Waals surface area contributed by atoms with Crippen molar-refractivity contribution < 1.29 is 5.11 Å². The Morgan fingerprint density at radius 2 is 2.00 bits per heavy atom. The topological polar surface area (TPSA) is 32.3 Å². The number of nitrogens with one attached hydrogen (secondary N) is 1. The zero-order valence-corrected chi connectivity index (χ0v) is 8.97. The molecule has 0 radical (unpaired) electrons. The molecule has 0 amide bonds. The van der Waals surface area contributed by atoms with Crippen molar-refractivity contribution in [2.45, 2.75) is 52.0 Å².